The number of carbonyl (C=O) groups excluding carboxylic acids is 2. The Labute approximate surface area is 204 Å². The van der Waals surface area contributed by atoms with Gasteiger partial charge >= 0.3 is 0 Å². The Bertz CT molecular complexity index is 1280. The van der Waals surface area contributed by atoms with Crippen LogP contribution in [-0.4, -0.2) is 59.9 Å². The summed E-state index contributed by atoms with van der Waals surface area (Å²) in [4.78, 5) is 29.9. The largest absolute Gasteiger partial charge is 0.507 e. The average Bonchev–Trinajstić information content (AvgIpc) is 3.13. The second-order valence-corrected chi connectivity index (χ2v) is 8.50. The number of aliphatic hydroxyl groups excluding tert-OH is 1. The van der Waals surface area contributed by atoms with E-state index >= 15 is 0 Å². The van der Waals surface area contributed by atoms with Crippen LogP contribution in [-0.2, 0) is 9.59 Å². The zero-order chi connectivity index (χ0) is 25.1. The smallest absolute Gasteiger partial charge is 0.295 e. The van der Waals surface area contributed by atoms with Gasteiger partial charge in [-0.25, -0.2) is 4.39 Å². The van der Waals surface area contributed by atoms with Gasteiger partial charge in [-0.05, 0) is 59.8 Å². The van der Waals surface area contributed by atoms with Gasteiger partial charge in [0.2, 0.25) is 0 Å². The summed E-state index contributed by atoms with van der Waals surface area (Å²) in [7, 11) is 1.59. The summed E-state index contributed by atoms with van der Waals surface area (Å²) in [5, 5.41) is 13.1. The number of ether oxygens (including phenoxy) is 1. The maximum absolute atomic E-state index is 13.7. The number of halogens is 1. The van der Waals surface area contributed by atoms with Crippen molar-refractivity contribution < 1.29 is 23.8 Å². The van der Waals surface area contributed by atoms with Crippen LogP contribution in [0.5, 0.6) is 5.75 Å². The molecular formula is C28H29FN2O4. The number of fused-ring (bicyclic) bond motifs is 1. The molecule has 1 amide bonds. The first-order valence-corrected chi connectivity index (χ1v) is 11.7. The highest BCUT2D eigenvalue weighted by Crippen LogP contribution is 2.39. The molecule has 0 radical (unpaired) electrons. The fourth-order valence-corrected chi connectivity index (χ4v) is 4.54. The lowest BCUT2D eigenvalue weighted by Gasteiger charge is -2.28. The Morgan fingerprint density at radius 3 is 2.31 bits per heavy atom. The summed E-state index contributed by atoms with van der Waals surface area (Å²) in [6.07, 6.45) is 0. The molecule has 0 aromatic heterocycles. The minimum atomic E-state index is -0.808. The molecule has 0 bridgehead atoms. The van der Waals surface area contributed by atoms with Crippen LogP contribution in [0.25, 0.3) is 16.5 Å². The molecule has 35 heavy (non-hydrogen) atoms. The van der Waals surface area contributed by atoms with Gasteiger partial charge in [0.05, 0.1) is 18.7 Å². The van der Waals surface area contributed by atoms with E-state index in [1.54, 1.807) is 31.4 Å². The average molecular weight is 477 g/mol. The summed E-state index contributed by atoms with van der Waals surface area (Å²) >= 11 is 0. The molecule has 1 saturated heterocycles. The van der Waals surface area contributed by atoms with Crippen molar-refractivity contribution in [2.45, 2.75) is 19.9 Å². The molecule has 7 heteroatoms. The van der Waals surface area contributed by atoms with Gasteiger partial charge in [0.1, 0.15) is 17.3 Å². The molecule has 0 aliphatic carbocycles. The molecule has 1 aliphatic rings. The molecule has 4 rings (SSSR count). The first kappa shape index (κ1) is 24.4. The Morgan fingerprint density at radius 1 is 1.00 bits per heavy atom. The summed E-state index contributed by atoms with van der Waals surface area (Å²) < 4.78 is 18.9. The van der Waals surface area contributed by atoms with Gasteiger partial charge < -0.3 is 19.6 Å². The second-order valence-electron chi connectivity index (χ2n) is 8.50. The molecule has 1 unspecified atom stereocenters. The molecule has 0 saturated carbocycles. The van der Waals surface area contributed by atoms with Crippen LogP contribution in [0.15, 0.2) is 66.2 Å². The summed E-state index contributed by atoms with van der Waals surface area (Å²) in [6.45, 7) is 6.57. The normalized spacial score (nSPS) is 17.5. The van der Waals surface area contributed by atoms with Crippen molar-refractivity contribution in [1.82, 2.24) is 9.80 Å². The number of hydrogen-bond acceptors (Lipinski definition) is 5. The van der Waals surface area contributed by atoms with Gasteiger partial charge in [-0.1, -0.05) is 44.2 Å². The van der Waals surface area contributed by atoms with E-state index in [4.69, 9.17) is 4.74 Å². The molecule has 182 valence electrons. The van der Waals surface area contributed by atoms with Crippen molar-refractivity contribution in [3.8, 4) is 5.75 Å². The molecule has 1 aliphatic heterocycles. The van der Waals surface area contributed by atoms with Gasteiger partial charge in [0.15, 0.2) is 0 Å². The van der Waals surface area contributed by atoms with Crippen LogP contribution in [0, 0.1) is 5.82 Å². The number of nitrogens with zero attached hydrogens (tertiary/aromatic N) is 2. The minimum Gasteiger partial charge on any atom is -0.507 e. The van der Waals surface area contributed by atoms with Crippen LogP contribution < -0.4 is 4.74 Å². The number of amides is 1. The standard InChI is InChI=1S/C28H29FN2O4/c1-4-30(5-2)14-15-31-25(18-8-11-22(29)12-9-18)24(27(33)28(31)34)26(32)21-7-6-20-17-23(35-3)13-10-19(20)16-21/h6-13,16-17,25,32H,4-5,14-15H2,1-3H3/b26-24+. The zero-order valence-electron chi connectivity index (χ0n) is 20.1. The van der Waals surface area contributed by atoms with Crippen molar-refractivity contribution in [3.63, 3.8) is 0 Å². The summed E-state index contributed by atoms with van der Waals surface area (Å²) in [6, 6.07) is 15.8. The number of likely N-dealkylation sites (N-methyl/N-ethyl adjacent to an activating group) is 1. The third-order valence-corrected chi connectivity index (χ3v) is 6.60. The van der Waals surface area contributed by atoms with Gasteiger partial charge in [-0.15, -0.1) is 0 Å². The first-order chi connectivity index (χ1) is 16.9. The monoisotopic (exact) mass is 476 g/mol. The van der Waals surface area contributed by atoms with Gasteiger partial charge in [-0.3, -0.25) is 9.59 Å². The molecule has 0 spiro atoms. The number of ketones is 1. The topological polar surface area (TPSA) is 70.1 Å². The number of Topliss-reactive ketones (excluding diaryl/α,β-unsaturated/α-hetero) is 1. The molecule has 1 N–H and O–H groups in total. The number of aliphatic hydroxyl groups is 1. The van der Waals surface area contributed by atoms with E-state index in [1.165, 1.54) is 17.0 Å². The van der Waals surface area contributed by atoms with Gasteiger partial charge in [-0.2, -0.15) is 0 Å². The first-order valence-electron chi connectivity index (χ1n) is 11.7. The third kappa shape index (κ3) is 4.77. The zero-order valence-corrected chi connectivity index (χ0v) is 20.1. The van der Waals surface area contributed by atoms with E-state index in [2.05, 4.69) is 4.90 Å². The van der Waals surface area contributed by atoms with Crippen LogP contribution >= 0.6 is 0 Å². The van der Waals surface area contributed by atoms with Crippen molar-refractivity contribution >= 4 is 28.2 Å². The van der Waals surface area contributed by atoms with Crippen LogP contribution in [0.4, 0.5) is 4.39 Å². The number of methoxy groups -OCH3 is 1. The number of benzene rings is 3. The van der Waals surface area contributed by atoms with Crippen molar-refractivity contribution in [2.75, 3.05) is 33.3 Å². The highest BCUT2D eigenvalue weighted by molar-refractivity contribution is 6.46. The van der Waals surface area contributed by atoms with Crippen LogP contribution in [0.2, 0.25) is 0 Å². The van der Waals surface area contributed by atoms with E-state index in [1.807, 2.05) is 38.1 Å². The van der Waals surface area contributed by atoms with Crippen molar-refractivity contribution in [2.24, 2.45) is 0 Å². The second kappa shape index (κ2) is 10.3. The molecule has 1 heterocycles. The Kier molecular flexibility index (Phi) is 7.17. The van der Waals surface area contributed by atoms with E-state index in [0.717, 1.165) is 23.9 Å². The number of hydrogen-bond donors (Lipinski definition) is 1. The Hall–Kier alpha value is -3.71. The molecular weight excluding hydrogens is 447 g/mol. The molecule has 1 fully saturated rings. The predicted octanol–water partition coefficient (Wildman–Crippen LogP) is 4.75. The lowest BCUT2D eigenvalue weighted by molar-refractivity contribution is -0.140. The maximum Gasteiger partial charge on any atom is 0.295 e. The molecule has 1 atom stereocenters. The van der Waals surface area contributed by atoms with E-state index in [0.29, 0.717) is 30.0 Å². The van der Waals surface area contributed by atoms with Crippen LogP contribution in [0.3, 0.4) is 0 Å². The SMILES string of the molecule is CCN(CC)CCN1C(=O)C(=O)/C(=C(/O)c2ccc3cc(OC)ccc3c2)C1c1ccc(F)cc1. The van der Waals surface area contributed by atoms with Crippen molar-refractivity contribution in [3.05, 3.63) is 83.2 Å². The van der Waals surface area contributed by atoms with Gasteiger partial charge in [0, 0.05) is 18.7 Å². The van der Waals surface area contributed by atoms with Crippen molar-refractivity contribution in [1.29, 1.82) is 0 Å². The number of rotatable bonds is 8. The Balaban J connectivity index is 1.80. The minimum absolute atomic E-state index is 0.00835. The van der Waals surface area contributed by atoms with E-state index in [-0.39, 0.29) is 11.3 Å². The number of carbonyl (C=O) groups is 2. The number of likely N-dealkylation sites (tertiary alicyclic amines) is 1. The van der Waals surface area contributed by atoms with E-state index < -0.39 is 23.5 Å². The predicted molar refractivity (Wildman–Crippen MR) is 134 cm³/mol. The fraction of sp³-hybridized carbons (Fsp3) is 0.286. The summed E-state index contributed by atoms with van der Waals surface area (Å²) in [5.74, 6) is -1.37. The highest BCUT2D eigenvalue weighted by atomic mass is 19.1. The molecule has 3 aromatic carbocycles. The van der Waals surface area contributed by atoms with Gasteiger partial charge in [0.25, 0.3) is 11.7 Å². The molecule has 6 nitrogen and oxygen atoms in total. The quantitative estimate of drug-likeness (QED) is 0.289. The molecule has 3 aromatic rings. The van der Waals surface area contributed by atoms with Crippen LogP contribution in [0.1, 0.15) is 31.0 Å². The Morgan fingerprint density at radius 2 is 1.66 bits per heavy atom. The fourth-order valence-electron chi connectivity index (χ4n) is 4.54. The third-order valence-electron chi connectivity index (χ3n) is 6.60. The lowest BCUT2D eigenvalue weighted by Crippen LogP contribution is -2.38. The maximum atomic E-state index is 13.7. The lowest BCUT2D eigenvalue weighted by atomic mass is 9.94. The summed E-state index contributed by atoms with van der Waals surface area (Å²) in [5.41, 5.74) is 1.00. The van der Waals surface area contributed by atoms with E-state index in [9.17, 15) is 19.1 Å². The highest BCUT2D eigenvalue weighted by Gasteiger charge is 2.46.